The SMILES string of the molecule is CCCc1ccc([C@@]2(C)NC(=O)N(CC(=O)NC(C)C)C2=O)cc1. The van der Waals surface area contributed by atoms with Crippen molar-refractivity contribution in [2.75, 3.05) is 6.54 Å². The average molecular weight is 331 g/mol. The largest absolute Gasteiger partial charge is 0.352 e. The maximum Gasteiger partial charge on any atom is 0.325 e. The van der Waals surface area contributed by atoms with Crippen molar-refractivity contribution < 1.29 is 14.4 Å². The number of rotatable bonds is 6. The van der Waals surface area contributed by atoms with Gasteiger partial charge in [0.1, 0.15) is 12.1 Å². The molecule has 0 radical (unpaired) electrons. The van der Waals surface area contributed by atoms with Gasteiger partial charge in [0.15, 0.2) is 0 Å². The summed E-state index contributed by atoms with van der Waals surface area (Å²) in [5.74, 6) is -0.759. The molecule has 0 bridgehead atoms. The van der Waals surface area contributed by atoms with Gasteiger partial charge in [0.05, 0.1) is 0 Å². The van der Waals surface area contributed by atoms with Crippen LogP contribution in [-0.2, 0) is 21.5 Å². The van der Waals surface area contributed by atoms with Gasteiger partial charge in [-0.2, -0.15) is 0 Å². The average Bonchev–Trinajstić information content (AvgIpc) is 2.72. The van der Waals surface area contributed by atoms with Crippen LogP contribution >= 0.6 is 0 Å². The number of nitrogens with one attached hydrogen (secondary N) is 2. The van der Waals surface area contributed by atoms with Gasteiger partial charge in [0.2, 0.25) is 5.91 Å². The van der Waals surface area contributed by atoms with Gasteiger partial charge >= 0.3 is 6.03 Å². The zero-order chi connectivity index (χ0) is 17.9. The summed E-state index contributed by atoms with van der Waals surface area (Å²) in [4.78, 5) is 37.8. The van der Waals surface area contributed by atoms with E-state index < -0.39 is 17.5 Å². The normalized spacial score (nSPS) is 20.5. The molecule has 6 heteroatoms. The van der Waals surface area contributed by atoms with E-state index in [1.165, 1.54) is 5.56 Å². The number of amides is 4. The first kappa shape index (κ1) is 18.0. The molecule has 2 rings (SSSR count). The van der Waals surface area contributed by atoms with Crippen LogP contribution in [0.1, 0.15) is 45.2 Å². The second-order valence-electron chi connectivity index (χ2n) is 6.62. The Bertz CT molecular complexity index is 639. The topological polar surface area (TPSA) is 78.5 Å². The van der Waals surface area contributed by atoms with Crippen molar-refractivity contribution in [3.05, 3.63) is 35.4 Å². The smallest absolute Gasteiger partial charge is 0.325 e. The minimum atomic E-state index is -1.14. The van der Waals surface area contributed by atoms with Crippen LogP contribution in [-0.4, -0.2) is 35.3 Å². The molecule has 0 spiro atoms. The maximum absolute atomic E-state index is 12.7. The third kappa shape index (κ3) is 3.58. The van der Waals surface area contributed by atoms with Crippen LogP contribution in [0.5, 0.6) is 0 Å². The van der Waals surface area contributed by atoms with Crippen LogP contribution in [0.4, 0.5) is 4.79 Å². The third-order valence-corrected chi connectivity index (χ3v) is 4.10. The Morgan fingerprint density at radius 3 is 2.42 bits per heavy atom. The predicted molar refractivity (Wildman–Crippen MR) is 91.3 cm³/mol. The Labute approximate surface area is 142 Å². The fourth-order valence-electron chi connectivity index (χ4n) is 2.84. The second kappa shape index (κ2) is 7.03. The number of imide groups is 1. The lowest BCUT2D eigenvalue weighted by atomic mass is 9.91. The molecule has 0 saturated carbocycles. The molecule has 1 aliphatic rings. The maximum atomic E-state index is 12.7. The van der Waals surface area contributed by atoms with Crippen molar-refractivity contribution in [3.63, 3.8) is 0 Å². The minimum absolute atomic E-state index is 0.0456. The Kier molecular flexibility index (Phi) is 5.26. The summed E-state index contributed by atoms with van der Waals surface area (Å²) in [6.07, 6.45) is 2.02. The Balaban J connectivity index is 2.17. The van der Waals surface area contributed by atoms with Crippen molar-refractivity contribution >= 4 is 17.8 Å². The Morgan fingerprint density at radius 1 is 1.25 bits per heavy atom. The molecular formula is C18H25N3O3. The molecule has 1 aromatic rings. The third-order valence-electron chi connectivity index (χ3n) is 4.10. The van der Waals surface area contributed by atoms with E-state index >= 15 is 0 Å². The molecule has 1 fully saturated rings. The predicted octanol–water partition coefficient (Wildman–Crippen LogP) is 1.93. The van der Waals surface area contributed by atoms with Crippen molar-refractivity contribution in [1.82, 2.24) is 15.5 Å². The molecule has 130 valence electrons. The van der Waals surface area contributed by atoms with E-state index in [-0.39, 0.29) is 18.5 Å². The van der Waals surface area contributed by atoms with Gasteiger partial charge in [-0.25, -0.2) is 4.79 Å². The second-order valence-corrected chi connectivity index (χ2v) is 6.62. The number of urea groups is 1. The van der Waals surface area contributed by atoms with E-state index in [0.717, 1.165) is 17.7 Å². The summed E-state index contributed by atoms with van der Waals surface area (Å²) < 4.78 is 0. The molecule has 4 amide bonds. The molecule has 0 unspecified atom stereocenters. The van der Waals surface area contributed by atoms with Crippen molar-refractivity contribution in [2.45, 2.75) is 52.1 Å². The van der Waals surface area contributed by atoms with Gasteiger partial charge in [-0.05, 0) is 38.3 Å². The number of aryl methyl sites for hydroxylation is 1. The zero-order valence-electron chi connectivity index (χ0n) is 14.7. The first-order valence-electron chi connectivity index (χ1n) is 8.30. The molecule has 2 N–H and O–H groups in total. The van der Waals surface area contributed by atoms with E-state index in [1.807, 2.05) is 38.1 Å². The molecule has 1 saturated heterocycles. The first-order valence-corrected chi connectivity index (χ1v) is 8.30. The van der Waals surface area contributed by atoms with E-state index in [0.29, 0.717) is 5.56 Å². The Morgan fingerprint density at radius 2 is 1.88 bits per heavy atom. The highest BCUT2D eigenvalue weighted by Crippen LogP contribution is 2.29. The Hall–Kier alpha value is -2.37. The van der Waals surface area contributed by atoms with Crippen molar-refractivity contribution in [3.8, 4) is 0 Å². The molecule has 0 aliphatic carbocycles. The summed E-state index contributed by atoms with van der Waals surface area (Å²) in [5, 5.41) is 5.40. The highest BCUT2D eigenvalue weighted by atomic mass is 16.2. The number of carbonyl (C=O) groups excluding carboxylic acids is 3. The molecular weight excluding hydrogens is 306 g/mol. The van der Waals surface area contributed by atoms with Crippen molar-refractivity contribution in [1.29, 1.82) is 0 Å². The van der Waals surface area contributed by atoms with Crippen LogP contribution in [0.15, 0.2) is 24.3 Å². The zero-order valence-corrected chi connectivity index (χ0v) is 14.7. The lowest BCUT2D eigenvalue weighted by Crippen LogP contribution is -2.44. The van der Waals surface area contributed by atoms with E-state index in [4.69, 9.17) is 0 Å². The van der Waals surface area contributed by atoms with Crippen LogP contribution in [0.25, 0.3) is 0 Å². The van der Waals surface area contributed by atoms with Gasteiger partial charge < -0.3 is 10.6 Å². The molecule has 1 aromatic carbocycles. The van der Waals surface area contributed by atoms with Crippen LogP contribution in [0.2, 0.25) is 0 Å². The van der Waals surface area contributed by atoms with Gasteiger partial charge in [-0.15, -0.1) is 0 Å². The summed E-state index contributed by atoms with van der Waals surface area (Å²) in [7, 11) is 0. The van der Waals surface area contributed by atoms with Crippen LogP contribution in [0, 0.1) is 0 Å². The number of carbonyl (C=O) groups is 3. The quantitative estimate of drug-likeness (QED) is 0.782. The van der Waals surface area contributed by atoms with Gasteiger partial charge in [-0.3, -0.25) is 14.5 Å². The number of hydrogen-bond acceptors (Lipinski definition) is 3. The molecule has 6 nitrogen and oxygen atoms in total. The van der Waals surface area contributed by atoms with E-state index in [1.54, 1.807) is 6.92 Å². The summed E-state index contributed by atoms with van der Waals surface area (Å²) in [5.41, 5.74) is 0.766. The van der Waals surface area contributed by atoms with Gasteiger partial charge in [-0.1, -0.05) is 37.6 Å². The van der Waals surface area contributed by atoms with Crippen LogP contribution in [0.3, 0.4) is 0 Å². The highest BCUT2D eigenvalue weighted by Gasteiger charge is 2.49. The van der Waals surface area contributed by atoms with Gasteiger partial charge in [0, 0.05) is 6.04 Å². The molecule has 1 atom stereocenters. The lowest BCUT2D eigenvalue weighted by molar-refractivity contribution is -0.135. The first-order chi connectivity index (χ1) is 11.3. The molecule has 1 aliphatic heterocycles. The van der Waals surface area contributed by atoms with E-state index in [9.17, 15) is 14.4 Å². The highest BCUT2D eigenvalue weighted by molar-refractivity contribution is 6.09. The van der Waals surface area contributed by atoms with Crippen molar-refractivity contribution in [2.24, 2.45) is 0 Å². The lowest BCUT2D eigenvalue weighted by Gasteiger charge is -2.22. The number of hydrogen-bond donors (Lipinski definition) is 2. The summed E-state index contributed by atoms with van der Waals surface area (Å²) in [6, 6.07) is 7.08. The van der Waals surface area contributed by atoms with Gasteiger partial charge in [0.25, 0.3) is 5.91 Å². The summed E-state index contributed by atoms with van der Waals surface area (Å²) in [6.45, 7) is 7.16. The fourth-order valence-corrected chi connectivity index (χ4v) is 2.84. The molecule has 24 heavy (non-hydrogen) atoms. The monoisotopic (exact) mass is 331 g/mol. The minimum Gasteiger partial charge on any atom is -0.352 e. The fraction of sp³-hybridized carbons (Fsp3) is 0.500. The number of benzene rings is 1. The molecule has 1 heterocycles. The van der Waals surface area contributed by atoms with E-state index in [2.05, 4.69) is 17.6 Å². The number of nitrogens with zero attached hydrogens (tertiary/aromatic N) is 1. The van der Waals surface area contributed by atoms with Crippen LogP contribution < -0.4 is 10.6 Å². The summed E-state index contributed by atoms with van der Waals surface area (Å²) >= 11 is 0. The molecule has 0 aromatic heterocycles. The standard InChI is InChI=1S/C18H25N3O3/c1-5-6-13-7-9-14(10-8-13)18(4)16(23)21(17(24)20-18)11-15(22)19-12(2)3/h7-10,12H,5-6,11H2,1-4H3,(H,19,22)(H,20,24)/t18-/m1/s1.